The fourth-order valence-electron chi connectivity index (χ4n) is 4.19. The molecular weight excluding hydrogens is 520 g/mol. The number of carbonyl (C=O) groups excluding carboxylic acids is 2. The van der Waals surface area contributed by atoms with Gasteiger partial charge in [0.2, 0.25) is 0 Å². The maximum Gasteiger partial charge on any atom is 0.366 e. The minimum Gasteiger partial charge on any atom is -0.494 e. The van der Waals surface area contributed by atoms with Gasteiger partial charge in [-0.25, -0.2) is 9.59 Å². The van der Waals surface area contributed by atoms with Crippen molar-refractivity contribution in [2.24, 2.45) is 5.92 Å². The third kappa shape index (κ3) is 13.5. The summed E-state index contributed by atoms with van der Waals surface area (Å²) in [6.07, 6.45) is 12.0. The van der Waals surface area contributed by atoms with Crippen LogP contribution in [0.1, 0.15) is 108 Å². The molecule has 0 aliphatic carbocycles. The summed E-state index contributed by atoms with van der Waals surface area (Å²) in [7, 11) is 0. The molecule has 0 heterocycles. The van der Waals surface area contributed by atoms with Crippen molar-refractivity contribution in [3.63, 3.8) is 0 Å². The zero-order valence-corrected chi connectivity index (χ0v) is 25.2. The van der Waals surface area contributed by atoms with Crippen LogP contribution in [-0.2, 0) is 14.3 Å². The Hall–Kier alpha value is -2.90. The second-order valence-corrected chi connectivity index (χ2v) is 10.9. The van der Waals surface area contributed by atoms with Crippen molar-refractivity contribution in [3.8, 4) is 16.9 Å². The van der Waals surface area contributed by atoms with Crippen LogP contribution in [0.15, 0.2) is 48.5 Å². The van der Waals surface area contributed by atoms with Crippen molar-refractivity contribution in [2.75, 3.05) is 19.8 Å². The maximum absolute atomic E-state index is 12.2. The molecule has 2 N–H and O–H groups in total. The van der Waals surface area contributed by atoms with Crippen molar-refractivity contribution in [2.45, 2.75) is 104 Å². The number of hydrogen-bond acceptors (Lipinski definition) is 7. The number of esters is 2. The molecule has 0 aromatic heterocycles. The standard InChI is InChI=1S/C34H50O7/c1-4-27(3)26-41-32(35)30-18-16-28(17-19-30)29-20-22-31(23-21-29)39-24-14-12-10-8-6-7-9-11-13-15-25-40-33(36)34(37,38)5-2/h16-23,27,37-38H,4-15,24-26H2,1-3H3. The Labute approximate surface area is 246 Å². The zero-order chi connectivity index (χ0) is 29.9. The second-order valence-electron chi connectivity index (χ2n) is 10.9. The van der Waals surface area contributed by atoms with Gasteiger partial charge in [0.05, 0.1) is 25.4 Å². The van der Waals surface area contributed by atoms with Crippen LogP contribution in [0.3, 0.4) is 0 Å². The third-order valence-corrected chi connectivity index (χ3v) is 7.36. The molecule has 0 aliphatic rings. The first kappa shape index (κ1) is 34.3. The number of unbranched alkanes of at least 4 members (excludes halogenated alkanes) is 9. The summed E-state index contributed by atoms with van der Waals surface area (Å²) in [5, 5.41) is 18.8. The zero-order valence-electron chi connectivity index (χ0n) is 25.2. The van der Waals surface area contributed by atoms with Crippen LogP contribution in [0, 0.1) is 5.92 Å². The number of carbonyl (C=O) groups is 2. The molecule has 0 spiro atoms. The third-order valence-electron chi connectivity index (χ3n) is 7.36. The predicted octanol–water partition coefficient (Wildman–Crippen LogP) is 7.47. The van der Waals surface area contributed by atoms with E-state index < -0.39 is 11.8 Å². The SMILES string of the molecule is CCC(C)COC(=O)c1ccc(-c2ccc(OCCCCCCCCCCCCOC(=O)C(O)(O)CC)cc2)cc1. The number of rotatable bonds is 21. The quantitative estimate of drug-likeness (QED) is 0.0912. The van der Waals surface area contributed by atoms with Gasteiger partial charge in [-0.1, -0.05) is 103 Å². The minimum absolute atomic E-state index is 0.0785. The second kappa shape index (κ2) is 19.3. The van der Waals surface area contributed by atoms with E-state index in [4.69, 9.17) is 14.2 Å². The molecule has 228 valence electrons. The molecule has 1 atom stereocenters. The van der Waals surface area contributed by atoms with Gasteiger partial charge in [-0.3, -0.25) is 0 Å². The lowest BCUT2D eigenvalue weighted by atomic mass is 10.0. The Morgan fingerprint density at radius 1 is 0.707 bits per heavy atom. The first-order chi connectivity index (χ1) is 19.8. The number of hydrogen-bond donors (Lipinski definition) is 2. The Morgan fingerprint density at radius 2 is 1.20 bits per heavy atom. The first-order valence-electron chi connectivity index (χ1n) is 15.4. The Kier molecular flexibility index (Phi) is 16.1. The molecule has 0 fully saturated rings. The molecule has 2 aromatic rings. The van der Waals surface area contributed by atoms with Gasteiger partial charge in [0.25, 0.3) is 5.79 Å². The highest BCUT2D eigenvalue weighted by atomic mass is 16.6. The van der Waals surface area contributed by atoms with E-state index in [1.165, 1.54) is 39.0 Å². The highest BCUT2D eigenvalue weighted by molar-refractivity contribution is 5.90. The lowest BCUT2D eigenvalue weighted by Crippen LogP contribution is -2.39. The van der Waals surface area contributed by atoms with Crippen LogP contribution < -0.4 is 4.74 Å². The summed E-state index contributed by atoms with van der Waals surface area (Å²) >= 11 is 0. The van der Waals surface area contributed by atoms with Gasteiger partial charge in [0.1, 0.15) is 5.75 Å². The highest BCUT2D eigenvalue weighted by Gasteiger charge is 2.32. The average Bonchev–Trinajstić information content (AvgIpc) is 3.00. The van der Waals surface area contributed by atoms with E-state index in [2.05, 4.69) is 13.8 Å². The number of ether oxygens (including phenoxy) is 3. The highest BCUT2D eigenvalue weighted by Crippen LogP contribution is 2.23. The molecule has 2 aromatic carbocycles. The summed E-state index contributed by atoms with van der Waals surface area (Å²) in [4.78, 5) is 23.7. The molecule has 0 aliphatic heterocycles. The van der Waals surface area contributed by atoms with Crippen molar-refractivity contribution >= 4 is 11.9 Å². The molecule has 0 saturated heterocycles. The lowest BCUT2D eigenvalue weighted by Gasteiger charge is -2.17. The van der Waals surface area contributed by atoms with Crippen molar-refractivity contribution in [3.05, 3.63) is 54.1 Å². The van der Waals surface area contributed by atoms with E-state index in [-0.39, 0.29) is 19.0 Å². The molecular formula is C34H50O7. The van der Waals surface area contributed by atoms with E-state index in [0.29, 0.717) is 24.7 Å². The van der Waals surface area contributed by atoms with Crippen molar-refractivity contribution in [1.29, 1.82) is 0 Å². The fourth-order valence-corrected chi connectivity index (χ4v) is 4.19. The first-order valence-corrected chi connectivity index (χ1v) is 15.4. The monoisotopic (exact) mass is 570 g/mol. The molecule has 0 amide bonds. The lowest BCUT2D eigenvalue weighted by molar-refractivity contribution is -0.210. The van der Waals surface area contributed by atoms with Gasteiger partial charge < -0.3 is 24.4 Å². The normalized spacial score (nSPS) is 12.1. The van der Waals surface area contributed by atoms with Gasteiger partial charge in [-0.2, -0.15) is 0 Å². The van der Waals surface area contributed by atoms with Crippen LogP contribution in [-0.4, -0.2) is 47.8 Å². The molecule has 41 heavy (non-hydrogen) atoms. The van der Waals surface area contributed by atoms with Crippen molar-refractivity contribution < 1.29 is 34.0 Å². The van der Waals surface area contributed by atoms with Gasteiger partial charge in [-0.15, -0.1) is 0 Å². The smallest absolute Gasteiger partial charge is 0.366 e. The van der Waals surface area contributed by atoms with Gasteiger partial charge in [-0.05, 0) is 54.2 Å². The fraction of sp³-hybridized carbons (Fsp3) is 0.588. The Morgan fingerprint density at radius 3 is 1.71 bits per heavy atom. The van der Waals surface area contributed by atoms with Crippen LogP contribution in [0.5, 0.6) is 5.75 Å². The van der Waals surface area contributed by atoms with Crippen LogP contribution in [0.2, 0.25) is 0 Å². The van der Waals surface area contributed by atoms with Crippen LogP contribution >= 0.6 is 0 Å². The average molecular weight is 571 g/mol. The maximum atomic E-state index is 12.2. The summed E-state index contributed by atoms with van der Waals surface area (Å²) in [6, 6.07) is 15.6. The van der Waals surface area contributed by atoms with E-state index in [1.54, 1.807) is 0 Å². The predicted molar refractivity (Wildman–Crippen MR) is 162 cm³/mol. The molecule has 0 bridgehead atoms. The van der Waals surface area contributed by atoms with Gasteiger partial charge >= 0.3 is 11.9 Å². The van der Waals surface area contributed by atoms with E-state index in [1.807, 2.05) is 48.5 Å². The number of benzene rings is 2. The van der Waals surface area contributed by atoms with Crippen LogP contribution in [0.4, 0.5) is 0 Å². The topological polar surface area (TPSA) is 102 Å². The molecule has 0 radical (unpaired) electrons. The van der Waals surface area contributed by atoms with Crippen LogP contribution in [0.25, 0.3) is 11.1 Å². The van der Waals surface area contributed by atoms with Crippen molar-refractivity contribution in [1.82, 2.24) is 0 Å². The Bertz CT molecular complexity index is 999. The Balaban J connectivity index is 1.49. The van der Waals surface area contributed by atoms with E-state index in [0.717, 1.165) is 55.4 Å². The minimum atomic E-state index is -2.36. The molecule has 7 heteroatoms. The molecule has 0 saturated carbocycles. The largest absolute Gasteiger partial charge is 0.494 e. The summed E-state index contributed by atoms with van der Waals surface area (Å²) in [5.74, 6) is -2.36. The molecule has 7 nitrogen and oxygen atoms in total. The number of aliphatic hydroxyl groups is 2. The summed E-state index contributed by atoms with van der Waals surface area (Å²) in [6.45, 7) is 7.07. The van der Waals surface area contributed by atoms with E-state index >= 15 is 0 Å². The van der Waals surface area contributed by atoms with Gasteiger partial charge in [0, 0.05) is 6.42 Å². The van der Waals surface area contributed by atoms with Gasteiger partial charge in [0.15, 0.2) is 0 Å². The summed E-state index contributed by atoms with van der Waals surface area (Å²) in [5.41, 5.74) is 2.69. The molecule has 2 rings (SSSR count). The summed E-state index contributed by atoms with van der Waals surface area (Å²) < 4.78 is 16.2. The molecule has 1 unspecified atom stereocenters. The van der Waals surface area contributed by atoms with E-state index in [9.17, 15) is 19.8 Å².